The van der Waals surface area contributed by atoms with Crippen molar-refractivity contribution in [3.63, 3.8) is 0 Å². The molecule has 4 rings (SSSR count). The lowest BCUT2D eigenvalue weighted by Crippen LogP contribution is -2.44. The van der Waals surface area contributed by atoms with Gasteiger partial charge in [-0.3, -0.25) is 9.59 Å². The molecule has 9 heteroatoms. The van der Waals surface area contributed by atoms with Crippen LogP contribution >= 0.6 is 0 Å². The second kappa shape index (κ2) is 10.4. The molecular formula is C25H26N2O7. The molecule has 178 valence electrons. The van der Waals surface area contributed by atoms with E-state index in [4.69, 9.17) is 13.9 Å². The van der Waals surface area contributed by atoms with Gasteiger partial charge in [-0.25, -0.2) is 4.79 Å². The van der Waals surface area contributed by atoms with E-state index in [0.29, 0.717) is 54.5 Å². The predicted octanol–water partition coefficient (Wildman–Crippen LogP) is 2.13. The summed E-state index contributed by atoms with van der Waals surface area (Å²) in [7, 11) is 0. The number of anilines is 1. The molecule has 1 fully saturated rings. The molecule has 0 radical (unpaired) electrons. The Morgan fingerprint density at radius 2 is 1.88 bits per heavy atom. The van der Waals surface area contributed by atoms with E-state index in [1.54, 1.807) is 31.2 Å². The number of nitrogens with zero attached hydrogens (tertiary/aromatic N) is 1. The molecule has 0 aliphatic carbocycles. The van der Waals surface area contributed by atoms with Crippen LogP contribution in [0.3, 0.4) is 0 Å². The Hall–Kier alpha value is -3.85. The first-order valence-corrected chi connectivity index (χ1v) is 11.0. The maximum absolute atomic E-state index is 12.6. The molecular weight excluding hydrogens is 440 g/mol. The largest absolute Gasteiger partial charge is 0.483 e. The van der Waals surface area contributed by atoms with Crippen LogP contribution in [-0.4, -0.2) is 55.9 Å². The predicted molar refractivity (Wildman–Crippen MR) is 125 cm³/mol. The fourth-order valence-electron chi connectivity index (χ4n) is 3.85. The monoisotopic (exact) mass is 466 g/mol. The first-order chi connectivity index (χ1) is 16.4. The number of hydrogen-bond donors (Lipinski definition) is 2. The molecule has 1 atom stereocenters. The summed E-state index contributed by atoms with van der Waals surface area (Å²) < 4.78 is 17.1. The Morgan fingerprint density at radius 3 is 2.59 bits per heavy atom. The molecule has 2 aromatic carbocycles. The van der Waals surface area contributed by atoms with Crippen LogP contribution in [0, 0.1) is 6.92 Å². The molecule has 1 aliphatic rings. The quantitative estimate of drug-likeness (QED) is 0.518. The molecule has 0 unspecified atom stereocenters. The molecule has 3 aromatic rings. The molecule has 2 heterocycles. The van der Waals surface area contributed by atoms with Gasteiger partial charge in [0, 0.05) is 31.1 Å². The first-order valence-electron chi connectivity index (χ1n) is 11.0. The molecule has 0 bridgehead atoms. The highest BCUT2D eigenvalue weighted by atomic mass is 16.5. The number of carboxylic acid groups (broad SMARTS) is 1. The van der Waals surface area contributed by atoms with Gasteiger partial charge in [0.15, 0.2) is 17.9 Å². The summed E-state index contributed by atoms with van der Waals surface area (Å²) in [5.41, 5.74) is 1.60. The van der Waals surface area contributed by atoms with Crippen molar-refractivity contribution in [3.05, 3.63) is 69.9 Å². The van der Waals surface area contributed by atoms with E-state index in [0.717, 1.165) is 5.56 Å². The van der Waals surface area contributed by atoms with Gasteiger partial charge >= 0.3 is 5.97 Å². The number of rotatable bonds is 8. The van der Waals surface area contributed by atoms with Crippen LogP contribution in [0.5, 0.6) is 5.75 Å². The average Bonchev–Trinajstić information content (AvgIpc) is 2.84. The topological polar surface area (TPSA) is 118 Å². The van der Waals surface area contributed by atoms with Gasteiger partial charge in [-0.05, 0) is 24.6 Å². The summed E-state index contributed by atoms with van der Waals surface area (Å²) in [6, 6.07) is 12.7. The Bertz CT molecular complexity index is 1230. The lowest BCUT2D eigenvalue weighted by Gasteiger charge is -2.27. The number of ether oxygens (including phenoxy) is 2. The minimum absolute atomic E-state index is 0.159. The number of amides is 1. The second-order valence-electron chi connectivity index (χ2n) is 8.05. The van der Waals surface area contributed by atoms with Crippen LogP contribution < -0.4 is 20.4 Å². The van der Waals surface area contributed by atoms with Gasteiger partial charge in [0.05, 0.1) is 18.6 Å². The van der Waals surface area contributed by atoms with E-state index >= 15 is 0 Å². The SMILES string of the molecule is Cc1c(OCC(=O)N[C@@H](Cc2ccccc2)C(=O)O)ccc2c(=O)cc(N3CCOCC3)oc12. The van der Waals surface area contributed by atoms with Gasteiger partial charge < -0.3 is 29.2 Å². The van der Waals surface area contributed by atoms with E-state index in [1.807, 2.05) is 23.1 Å². The molecule has 34 heavy (non-hydrogen) atoms. The number of carboxylic acids is 1. The standard InChI is InChI=1S/C25H26N2O7/c1-16-21(33-15-22(29)26-19(25(30)31)13-17-5-3-2-4-6-17)8-7-18-20(28)14-23(34-24(16)18)27-9-11-32-12-10-27/h2-8,14,19H,9-13,15H2,1H3,(H,26,29)(H,30,31)/t19-/m0/s1. The van der Waals surface area contributed by atoms with E-state index in [9.17, 15) is 19.5 Å². The van der Waals surface area contributed by atoms with Crippen LogP contribution in [0.25, 0.3) is 11.0 Å². The van der Waals surface area contributed by atoms with Crippen molar-refractivity contribution in [2.45, 2.75) is 19.4 Å². The fraction of sp³-hybridized carbons (Fsp3) is 0.320. The van der Waals surface area contributed by atoms with Crippen molar-refractivity contribution in [2.75, 3.05) is 37.8 Å². The van der Waals surface area contributed by atoms with Gasteiger partial charge in [0.1, 0.15) is 17.4 Å². The van der Waals surface area contributed by atoms with Crippen molar-refractivity contribution < 1.29 is 28.6 Å². The summed E-state index contributed by atoms with van der Waals surface area (Å²) in [4.78, 5) is 38.6. The molecule has 1 aliphatic heterocycles. The zero-order valence-corrected chi connectivity index (χ0v) is 18.8. The lowest BCUT2D eigenvalue weighted by atomic mass is 10.1. The number of nitrogens with one attached hydrogen (secondary N) is 1. The summed E-state index contributed by atoms with van der Waals surface area (Å²) in [5, 5.41) is 12.4. The van der Waals surface area contributed by atoms with Crippen molar-refractivity contribution >= 4 is 28.7 Å². The Labute approximate surface area is 195 Å². The van der Waals surface area contributed by atoms with Crippen molar-refractivity contribution in [1.29, 1.82) is 0 Å². The Morgan fingerprint density at radius 1 is 1.15 bits per heavy atom. The van der Waals surface area contributed by atoms with E-state index in [-0.39, 0.29) is 18.5 Å². The summed E-state index contributed by atoms with van der Waals surface area (Å²) in [6.07, 6.45) is 0.159. The number of aryl methyl sites for hydroxylation is 1. The highest BCUT2D eigenvalue weighted by Crippen LogP contribution is 2.29. The molecule has 9 nitrogen and oxygen atoms in total. The molecule has 1 saturated heterocycles. The van der Waals surface area contributed by atoms with Crippen LogP contribution in [-0.2, 0) is 20.7 Å². The number of hydrogen-bond acceptors (Lipinski definition) is 7. The van der Waals surface area contributed by atoms with Crippen LogP contribution in [0.4, 0.5) is 5.88 Å². The maximum Gasteiger partial charge on any atom is 0.326 e. The van der Waals surface area contributed by atoms with Crippen LogP contribution in [0.1, 0.15) is 11.1 Å². The van der Waals surface area contributed by atoms with Gasteiger partial charge in [-0.1, -0.05) is 30.3 Å². The number of benzene rings is 2. The Balaban J connectivity index is 1.47. The molecule has 2 N–H and O–H groups in total. The maximum atomic E-state index is 12.6. The highest BCUT2D eigenvalue weighted by Gasteiger charge is 2.21. The number of morpholine rings is 1. The van der Waals surface area contributed by atoms with Gasteiger partial charge in [0.25, 0.3) is 5.91 Å². The number of fused-ring (bicyclic) bond motifs is 1. The number of aliphatic carboxylic acids is 1. The molecule has 0 spiro atoms. The molecule has 1 amide bonds. The smallest absolute Gasteiger partial charge is 0.326 e. The normalized spacial score (nSPS) is 14.6. The van der Waals surface area contributed by atoms with Gasteiger partial charge in [-0.2, -0.15) is 0 Å². The average molecular weight is 466 g/mol. The second-order valence-corrected chi connectivity index (χ2v) is 8.05. The van der Waals surface area contributed by atoms with Crippen LogP contribution in [0.15, 0.2) is 57.7 Å². The Kier molecular flexibility index (Phi) is 7.12. The van der Waals surface area contributed by atoms with Crippen molar-refractivity contribution in [2.24, 2.45) is 0 Å². The van der Waals surface area contributed by atoms with E-state index in [2.05, 4.69) is 5.32 Å². The van der Waals surface area contributed by atoms with Gasteiger partial charge in [0.2, 0.25) is 0 Å². The van der Waals surface area contributed by atoms with Gasteiger partial charge in [-0.15, -0.1) is 0 Å². The van der Waals surface area contributed by atoms with E-state index in [1.165, 1.54) is 6.07 Å². The zero-order chi connectivity index (χ0) is 24.1. The summed E-state index contributed by atoms with van der Waals surface area (Å²) >= 11 is 0. The minimum Gasteiger partial charge on any atom is -0.483 e. The zero-order valence-electron chi connectivity index (χ0n) is 18.8. The third kappa shape index (κ3) is 5.37. The summed E-state index contributed by atoms with van der Waals surface area (Å²) in [5.74, 6) is -0.855. The molecule has 0 saturated carbocycles. The fourth-order valence-corrected chi connectivity index (χ4v) is 3.85. The number of carbonyl (C=O) groups excluding carboxylic acids is 1. The third-order valence-electron chi connectivity index (χ3n) is 5.68. The first kappa shape index (κ1) is 23.3. The van der Waals surface area contributed by atoms with Crippen LogP contribution in [0.2, 0.25) is 0 Å². The third-order valence-corrected chi connectivity index (χ3v) is 5.68. The van der Waals surface area contributed by atoms with Crippen molar-refractivity contribution in [1.82, 2.24) is 5.32 Å². The molecule has 1 aromatic heterocycles. The van der Waals surface area contributed by atoms with E-state index < -0.39 is 17.9 Å². The summed E-state index contributed by atoms with van der Waals surface area (Å²) in [6.45, 7) is 3.73. The highest BCUT2D eigenvalue weighted by molar-refractivity contribution is 5.85. The van der Waals surface area contributed by atoms with Crippen molar-refractivity contribution in [3.8, 4) is 5.75 Å². The number of carbonyl (C=O) groups is 2. The minimum atomic E-state index is -1.13. The lowest BCUT2D eigenvalue weighted by molar-refractivity contribution is -0.142.